The van der Waals surface area contributed by atoms with Crippen LogP contribution in [0.25, 0.3) is 0 Å². The van der Waals surface area contributed by atoms with Crippen molar-refractivity contribution in [3.63, 3.8) is 0 Å². The molecule has 0 saturated carbocycles. The molecule has 1 aliphatic rings. The number of hydrogen-bond donors (Lipinski definition) is 0. The number of sulfonamides is 1. The fourth-order valence-corrected chi connectivity index (χ4v) is 3.96. The van der Waals surface area contributed by atoms with Crippen molar-refractivity contribution < 1.29 is 21.6 Å². The van der Waals surface area contributed by atoms with Gasteiger partial charge in [-0.2, -0.15) is 0 Å². The molecule has 0 radical (unpaired) electrons. The van der Waals surface area contributed by atoms with Crippen LogP contribution in [0.5, 0.6) is 0 Å². The molecule has 1 fully saturated rings. The summed E-state index contributed by atoms with van der Waals surface area (Å²) in [6.07, 6.45) is 2.84. The van der Waals surface area contributed by atoms with Crippen LogP contribution in [0.2, 0.25) is 0 Å². The van der Waals surface area contributed by atoms with E-state index in [1.54, 1.807) is 4.90 Å². The van der Waals surface area contributed by atoms with Gasteiger partial charge in [0.2, 0.25) is 10.0 Å². The Hall–Kier alpha value is -1.45. The molecule has 1 heterocycles. The number of carbonyl (C=O) groups is 1. The lowest BCUT2D eigenvalue weighted by molar-refractivity contribution is 0.0764. The molecule has 1 aromatic rings. The van der Waals surface area contributed by atoms with Crippen LogP contribution < -0.4 is 0 Å². The molecule has 0 bridgehead atoms. The Kier molecular flexibility index (Phi) is 5.12. The van der Waals surface area contributed by atoms with E-state index in [0.29, 0.717) is 31.6 Å². The second-order valence-corrected chi connectivity index (χ2v) is 9.60. The van der Waals surface area contributed by atoms with Crippen molar-refractivity contribution >= 4 is 25.8 Å². The Balaban J connectivity index is 2.12. The molecular formula is C14H20N2O5S2. The lowest BCUT2D eigenvalue weighted by Gasteiger charge is -2.21. The summed E-state index contributed by atoms with van der Waals surface area (Å²) >= 11 is 0. The minimum absolute atomic E-state index is 0.160. The zero-order valence-corrected chi connectivity index (χ0v) is 14.7. The normalized spacial score (nSPS) is 17.7. The Labute approximate surface area is 136 Å². The van der Waals surface area contributed by atoms with Gasteiger partial charge in [-0.15, -0.1) is 0 Å². The maximum Gasteiger partial charge on any atom is 0.253 e. The number of hydrogen-bond acceptors (Lipinski definition) is 5. The number of amides is 1. The van der Waals surface area contributed by atoms with Gasteiger partial charge in [-0.3, -0.25) is 4.79 Å². The second kappa shape index (κ2) is 6.58. The van der Waals surface area contributed by atoms with Crippen molar-refractivity contribution in [2.45, 2.75) is 11.3 Å². The van der Waals surface area contributed by atoms with Crippen LogP contribution in [0.4, 0.5) is 0 Å². The highest BCUT2D eigenvalue weighted by molar-refractivity contribution is 7.90. The van der Waals surface area contributed by atoms with Crippen LogP contribution in [-0.4, -0.2) is 70.6 Å². The number of rotatable bonds is 3. The number of nitrogens with zero attached hydrogens (tertiary/aromatic N) is 2. The quantitative estimate of drug-likeness (QED) is 0.768. The van der Waals surface area contributed by atoms with E-state index >= 15 is 0 Å². The fourth-order valence-electron chi connectivity index (χ4n) is 2.46. The number of carbonyl (C=O) groups excluding carboxylic acids is 1. The lowest BCUT2D eigenvalue weighted by atomic mass is 10.2. The molecule has 0 spiro atoms. The van der Waals surface area contributed by atoms with Crippen LogP contribution in [0.3, 0.4) is 0 Å². The minimum atomic E-state index is -3.30. The van der Waals surface area contributed by atoms with E-state index in [2.05, 4.69) is 0 Å². The Morgan fingerprint density at radius 2 is 1.52 bits per heavy atom. The van der Waals surface area contributed by atoms with Crippen molar-refractivity contribution in [3.8, 4) is 0 Å². The van der Waals surface area contributed by atoms with Crippen molar-refractivity contribution in [2.75, 3.05) is 38.7 Å². The summed E-state index contributed by atoms with van der Waals surface area (Å²) in [4.78, 5) is 14.2. The highest BCUT2D eigenvalue weighted by Gasteiger charge is 2.24. The Bertz CT molecular complexity index is 785. The maximum atomic E-state index is 12.5. The molecule has 0 atom stereocenters. The summed E-state index contributed by atoms with van der Waals surface area (Å²) in [6.45, 7) is 1.46. The first-order valence-electron chi connectivity index (χ1n) is 7.13. The van der Waals surface area contributed by atoms with E-state index in [4.69, 9.17) is 0 Å². The van der Waals surface area contributed by atoms with Crippen molar-refractivity contribution in [3.05, 3.63) is 29.8 Å². The van der Waals surface area contributed by atoms with E-state index in [-0.39, 0.29) is 17.3 Å². The summed E-state index contributed by atoms with van der Waals surface area (Å²) < 4.78 is 47.4. The van der Waals surface area contributed by atoms with Crippen molar-refractivity contribution in [2.24, 2.45) is 0 Å². The molecular weight excluding hydrogens is 340 g/mol. The Morgan fingerprint density at radius 1 is 0.913 bits per heavy atom. The summed E-state index contributed by atoms with van der Waals surface area (Å²) in [5, 5.41) is 0. The lowest BCUT2D eigenvalue weighted by Crippen LogP contribution is -2.36. The predicted molar refractivity (Wildman–Crippen MR) is 86.5 cm³/mol. The third kappa shape index (κ3) is 4.52. The largest absolute Gasteiger partial charge is 0.337 e. The highest BCUT2D eigenvalue weighted by Crippen LogP contribution is 2.14. The summed E-state index contributed by atoms with van der Waals surface area (Å²) in [5.41, 5.74) is 0.394. The molecule has 23 heavy (non-hydrogen) atoms. The summed E-state index contributed by atoms with van der Waals surface area (Å²) in [6, 6.07) is 5.78. The predicted octanol–water partition coefficient (Wildman–Crippen LogP) is 0.198. The molecule has 7 nitrogen and oxygen atoms in total. The van der Waals surface area contributed by atoms with Gasteiger partial charge in [0.15, 0.2) is 9.84 Å². The zero-order valence-electron chi connectivity index (χ0n) is 13.1. The third-order valence-corrected chi connectivity index (χ3v) is 6.17. The van der Waals surface area contributed by atoms with Gasteiger partial charge in [-0.25, -0.2) is 21.1 Å². The third-order valence-electron chi connectivity index (χ3n) is 3.74. The van der Waals surface area contributed by atoms with E-state index in [0.717, 1.165) is 12.5 Å². The van der Waals surface area contributed by atoms with Gasteiger partial charge in [-0.1, -0.05) is 0 Å². The average Bonchev–Trinajstić information content (AvgIpc) is 2.71. The molecule has 0 aliphatic carbocycles. The SMILES string of the molecule is CS(=O)(=O)c1ccc(C(=O)N2CCCN(S(C)(=O)=O)CC2)cc1. The van der Waals surface area contributed by atoms with Gasteiger partial charge < -0.3 is 4.90 Å². The van der Waals surface area contributed by atoms with Crippen LogP contribution in [0.15, 0.2) is 29.2 Å². The molecule has 1 saturated heterocycles. The van der Waals surface area contributed by atoms with E-state index < -0.39 is 19.9 Å². The van der Waals surface area contributed by atoms with Crippen LogP contribution in [-0.2, 0) is 19.9 Å². The van der Waals surface area contributed by atoms with E-state index in [1.807, 2.05) is 0 Å². The van der Waals surface area contributed by atoms with Gasteiger partial charge in [-0.05, 0) is 30.7 Å². The van der Waals surface area contributed by atoms with E-state index in [1.165, 1.54) is 28.6 Å². The smallest absolute Gasteiger partial charge is 0.253 e. The van der Waals surface area contributed by atoms with Crippen molar-refractivity contribution in [1.82, 2.24) is 9.21 Å². The van der Waals surface area contributed by atoms with Crippen LogP contribution in [0.1, 0.15) is 16.8 Å². The first kappa shape index (κ1) is 17.9. The average molecular weight is 360 g/mol. The summed E-state index contributed by atoms with van der Waals surface area (Å²) in [5.74, 6) is -0.222. The number of sulfone groups is 1. The molecule has 1 aliphatic heterocycles. The summed E-state index contributed by atoms with van der Waals surface area (Å²) in [7, 11) is -6.55. The fraction of sp³-hybridized carbons (Fsp3) is 0.500. The van der Waals surface area contributed by atoms with Crippen molar-refractivity contribution in [1.29, 1.82) is 0 Å². The standard InChI is InChI=1S/C14H20N2O5S2/c1-22(18,19)13-6-4-12(5-7-13)14(17)15-8-3-9-16(11-10-15)23(2,20)21/h4-7H,3,8-11H2,1-2H3. The zero-order chi connectivity index (χ0) is 17.3. The second-order valence-electron chi connectivity index (χ2n) is 5.60. The minimum Gasteiger partial charge on any atom is -0.337 e. The first-order chi connectivity index (χ1) is 10.6. The highest BCUT2D eigenvalue weighted by atomic mass is 32.2. The van der Waals surface area contributed by atoms with Crippen LogP contribution in [0, 0.1) is 0 Å². The molecule has 0 unspecified atom stereocenters. The maximum absolute atomic E-state index is 12.5. The van der Waals surface area contributed by atoms with Gasteiger partial charge in [0.25, 0.3) is 5.91 Å². The van der Waals surface area contributed by atoms with Crippen LogP contribution >= 0.6 is 0 Å². The van der Waals surface area contributed by atoms with Gasteiger partial charge in [0, 0.05) is 38.0 Å². The molecule has 0 N–H and O–H groups in total. The monoisotopic (exact) mass is 360 g/mol. The van der Waals surface area contributed by atoms with E-state index in [9.17, 15) is 21.6 Å². The van der Waals surface area contributed by atoms with Gasteiger partial charge in [0.05, 0.1) is 11.2 Å². The topological polar surface area (TPSA) is 91.8 Å². The molecule has 1 aromatic carbocycles. The Morgan fingerprint density at radius 3 is 2.04 bits per heavy atom. The first-order valence-corrected chi connectivity index (χ1v) is 10.9. The van der Waals surface area contributed by atoms with Gasteiger partial charge in [0.1, 0.15) is 0 Å². The molecule has 9 heteroatoms. The molecule has 1 amide bonds. The molecule has 2 rings (SSSR count). The molecule has 0 aromatic heterocycles. The number of benzene rings is 1. The molecule has 128 valence electrons. The van der Waals surface area contributed by atoms with Gasteiger partial charge >= 0.3 is 0 Å².